The van der Waals surface area contributed by atoms with Gasteiger partial charge >= 0.3 is 5.69 Å². The highest BCUT2D eigenvalue weighted by Crippen LogP contribution is 2.27. The van der Waals surface area contributed by atoms with Crippen LogP contribution in [0.4, 0.5) is 0 Å². The second-order valence-electron chi connectivity index (χ2n) is 10.9. The lowest BCUT2D eigenvalue weighted by atomic mass is 9.96. The van der Waals surface area contributed by atoms with E-state index in [0.29, 0.717) is 26.2 Å². The number of aryl methyl sites for hydroxylation is 3. The quantitative estimate of drug-likeness (QED) is 0.336. The van der Waals surface area contributed by atoms with Crippen LogP contribution in [0.5, 0.6) is 11.5 Å². The zero-order valence-corrected chi connectivity index (χ0v) is 23.2. The van der Waals surface area contributed by atoms with Gasteiger partial charge in [0.15, 0.2) is 0 Å². The summed E-state index contributed by atoms with van der Waals surface area (Å²) in [5.41, 5.74) is 4.53. The summed E-state index contributed by atoms with van der Waals surface area (Å²) in [6.45, 7) is 7.95. The average molecular weight is 530 g/mol. The van der Waals surface area contributed by atoms with Crippen LogP contribution in [0.25, 0.3) is 11.0 Å². The molecule has 7 nitrogen and oxygen atoms in total. The van der Waals surface area contributed by atoms with Crippen molar-refractivity contribution in [2.45, 2.75) is 51.8 Å². The summed E-state index contributed by atoms with van der Waals surface area (Å²) in [5, 5.41) is 11.2. The Morgan fingerprint density at radius 2 is 1.69 bits per heavy atom. The number of aliphatic hydroxyl groups is 1. The zero-order valence-electron chi connectivity index (χ0n) is 23.2. The summed E-state index contributed by atoms with van der Waals surface area (Å²) < 4.78 is 15.4. The molecule has 0 aliphatic carbocycles. The Balaban J connectivity index is 1.10. The van der Waals surface area contributed by atoms with E-state index in [1.807, 2.05) is 55.5 Å². The average Bonchev–Trinajstić information content (AvgIpc) is 3.04. The third kappa shape index (κ3) is 6.37. The molecule has 206 valence electrons. The van der Waals surface area contributed by atoms with E-state index < -0.39 is 5.60 Å². The highest BCUT2D eigenvalue weighted by Gasteiger charge is 2.31. The molecule has 0 radical (unpaired) electrons. The fraction of sp³-hybridized carbons (Fsp3) is 0.406. The Morgan fingerprint density at radius 3 is 2.46 bits per heavy atom. The number of hydrogen-bond donors (Lipinski definition) is 1. The highest BCUT2D eigenvalue weighted by molar-refractivity contribution is 5.75. The van der Waals surface area contributed by atoms with Crippen molar-refractivity contribution in [3.8, 4) is 11.5 Å². The van der Waals surface area contributed by atoms with E-state index in [-0.39, 0.29) is 5.69 Å². The molecule has 7 heteroatoms. The van der Waals surface area contributed by atoms with Crippen molar-refractivity contribution in [3.05, 3.63) is 93.9 Å². The zero-order chi connectivity index (χ0) is 27.4. The number of aromatic nitrogens is 2. The molecule has 1 saturated heterocycles. The van der Waals surface area contributed by atoms with E-state index >= 15 is 0 Å². The van der Waals surface area contributed by atoms with Crippen LogP contribution >= 0.6 is 0 Å². The summed E-state index contributed by atoms with van der Waals surface area (Å²) in [6, 6.07) is 22.1. The van der Waals surface area contributed by atoms with Crippen LogP contribution in [0.3, 0.4) is 0 Å². The largest absolute Gasteiger partial charge is 0.492 e. The van der Waals surface area contributed by atoms with Gasteiger partial charge in [-0.1, -0.05) is 42.0 Å². The fourth-order valence-electron chi connectivity index (χ4n) is 5.49. The third-order valence-electron chi connectivity index (χ3n) is 7.80. The third-order valence-corrected chi connectivity index (χ3v) is 7.80. The smallest absolute Gasteiger partial charge is 0.328 e. The molecule has 1 N–H and O–H groups in total. The van der Waals surface area contributed by atoms with E-state index in [1.165, 1.54) is 11.1 Å². The molecule has 0 unspecified atom stereocenters. The van der Waals surface area contributed by atoms with Gasteiger partial charge in [0.1, 0.15) is 24.7 Å². The molecule has 3 aromatic carbocycles. The number of benzene rings is 3. The lowest BCUT2D eigenvalue weighted by Crippen LogP contribution is -2.37. The van der Waals surface area contributed by atoms with E-state index in [4.69, 9.17) is 9.47 Å². The molecule has 0 saturated carbocycles. The van der Waals surface area contributed by atoms with Crippen LogP contribution in [0, 0.1) is 13.8 Å². The number of likely N-dealkylation sites (tertiary alicyclic amines) is 1. The van der Waals surface area contributed by atoms with Gasteiger partial charge in [-0.15, -0.1) is 0 Å². The van der Waals surface area contributed by atoms with E-state index in [2.05, 4.69) is 30.0 Å². The normalized spacial score (nSPS) is 18.3. The summed E-state index contributed by atoms with van der Waals surface area (Å²) in [7, 11) is 1.80. The molecular formula is C32H39N3O4. The second-order valence-corrected chi connectivity index (χ2v) is 10.9. The Bertz CT molecular complexity index is 1470. The highest BCUT2D eigenvalue weighted by atomic mass is 16.5. The van der Waals surface area contributed by atoms with Crippen molar-refractivity contribution in [3.63, 3.8) is 0 Å². The predicted octanol–water partition coefficient (Wildman–Crippen LogP) is 4.83. The van der Waals surface area contributed by atoms with Crippen LogP contribution in [0.15, 0.2) is 71.5 Å². The van der Waals surface area contributed by atoms with Crippen LogP contribution in [-0.2, 0) is 20.1 Å². The molecule has 0 bridgehead atoms. The summed E-state index contributed by atoms with van der Waals surface area (Å²) in [5.74, 6) is 1.64. The van der Waals surface area contributed by atoms with Gasteiger partial charge in [-0.05, 0) is 81.1 Å². The molecule has 1 aliphatic rings. The number of ether oxygens (including phenoxy) is 2. The van der Waals surface area contributed by atoms with Crippen LogP contribution < -0.4 is 15.2 Å². The molecule has 1 atom stereocenters. The minimum atomic E-state index is -0.810. The van der Waals surface area contributed by atoms with E-state index in [0.717, 1.165) is 60.6 Å². The summed E-state index contributed by atoms with van der Waals surface area (Å²) >= 11 is 0. The number of imidazole rings is 1. The second kappa shape index (κ2) is 11.7. The predicted molar refractivity (Wildman–Crippen MR) is 155 cm³/mol. The standard InChI is InChI=1S/C32H39N3O4/c1-24-9-14-30(25(2)21-24)39-23-32(37)15-6-17-34(18-16-32)22-26-10-12-27(13-11-26)38-20-19-35-29-8-5-4-7-28(29)33(3)31(35)36/h4-5,7-14,21,37H,6,15-20,22-23H2,1-3H3/t32-/m1/s1. The van der Waals surface area contributed by atoms with Gasteiger partial charge in [0, 0.05) is 20.1 Å². The first-order valence-electron chi connectivity index (χ1n) is 13.8. The lowest BCUT2D eigenvalue weighted by molar-refractivity contribution is -0.0170. The Kier molecular flexibility index (Phi) is 8.10. The molecule has 1 fully saturated rings. The molecule has 0 spiro atoms. The molecule has 0 amide bonds. The van der Waals surface area contributed by atoms with Gasteiger partial charge in [-0.3, -0.25) is 14.0 Å². The first-order valence-corrected chi connectivity index (χ1v) is 13.8. The van der Waals surface area contributed by atoms with Gasteiger partial charge in [-0.2, -0.15) is 0 Å². The molecule has 1 aromatic heterocycles. The maximum atomic E-state index is 12.6. The maximum absolute atomic E-state index is 12.6. The van der Waals surface area contributed by atoms with Crippen molar-refractivity contribution in [1.29, 1.82) is 0 Å². The molecule has 5 rings (SSSR count). The van der Waals surface area contributed by atoms with Crippen molar-refractivity contribution in [2.75, 3.05) is 26.3 Å². The molecule has 39 heavy (non-hydrogen) atoms. The number of fused-ring (bicyclic) bond motifs is 1. The molecule has 1 aliphatic heterocycles. The minimum Gasteiger partial charge on any atom is -0.492 e. The Morgan fingerprint density at radius 1 is 0.923 bits per heavy atom. The first kappa shape index (κ1) is 27.0. The van der Waals surface area contributed by atoms with Crippen LogP contribution in [0.1, 0.15) is 36.0 Å². The number of para-hydroxylation sites is 2. The van der Waals surface area contributed by atoms with Gasteiger partial charge in [0.25, 0.3) is 0 Å². The number of rotatable bonds is 9. The summed E-state index contributed by atoms with van der Waals surface area (Å²) in [6.07, 6.45) is 2.36. The summed E-state index contributed by atoms with van der Waals surface area (Å²) in [4.78, 5) is 15.0. The number of hydrogen-bond acceptors (Lipinski definition) is 5. The fourth-order valence-corrected chi connectivity index (χ4v) is 5.49. The maximum Gasteiger partial charge on any atom is 0.328 e. The monoisotopic (exact) mass is 529 g/mol. The topological polar surface area (TPSA) is 68.9 Å². The van der Waals surface area contributed by atoms with E-state index in [1.54, 1.807) is 16.2 Å². The van der Waals surface area contributed by atoms with Gasteiger partial charge in [-0.25, -0.2) is 4.79 Å². The molecule has 2 heterocycles. The Labute approximate surface area is 230 Å². The molecular weight excluding hydrogens is 490 g/mol. The van der Waals surface area contributed by atoms with Crippen LogP contribution in [0.2, 0.25) is 0 Å². The van der Waals surface area contributed by atoms with Crippen LogP contribution in [-0.4, -0.2) is 51.0 Å². The Hall–Kier alpha value is -3.55. The van der Waals surface area contributed by atoms with Crippen molar-refractivity contribution in [1.82, 2.24) is 14.0 Å². The van der Waals surface area contributed by atoms with Gasteiger partial charge < -0.3 is 14.6 Å². The van der Waals surface area contributed by atoms with E-state index in [9.17, 15) is 9.90 Å². The van der Waals surface area contributed by atoms with Crippen molar-refractivity contribution >= 4 is 11.0 Å². The first-order chi connectivity index (χ1) is 18.8. The van der Waals surface area contributed by atoms with Crippen molar-refractivity contribution < 1.29 is 14.6 Å². The van der Waals surface area contributed by atoms with Crippen molar-refractivity contribution in [2.24, 2.45) is 7.05 Å². The van der Waals surface area contributed by atoms with Gasteiger partial charge in [0.05, 0.1) is 23.2 Å². The molecule has 4 aromatic rings. The van der Waals surface area contributed by atoms with Gasteiger partial charge in [0.2, 0.25) is 0 Å². The minimum absolute atomic E-state index is 0.0312. The SMILES string of the molecule is Cc1ccc(OC[C@@]2(O)CCCN(Cc3ccc(OCCn4c(=O)n(C)c5ccccc54)cc3)CC2)c(C)c1. The number of nitrogens with zero attached hydrogens (tertiary/aromatic N) is 3. The lowest BCUT2D eigenvalue weighted by Gasteiger charge is -2.27.